The second kappa shape index (κ2) is 8.55. The SMILES string of the molecule is CCCNC(C#N)(CC)CCCN1CCCC(C)C1. The lowest BCUT2D eigenvalue weighted by Gasteiger charge is -2.32. The highest BCUT2D eigenvalue weighted by Gasteiger charge is 2.26. The Hall–Kier alpha value is -0.590. The van der Waals surface area contributed by atoms with E-state index in [2.05, 4.69) is 37.1 Å². The summed E-state index contributed by atoms with van der Waals surface area (Å²) in [5.74, 6) is 0.846. The Morgan fingerprint density at radius 3 is 2.79 bits per heavy atom. The van der Waals surface area contributed by atoms with Gasteiger partial charge >= 0.3 is 0 Å². The Kier molecular flexibility index (Phi) is 7.41. The highest BCUT2D eigenvalue weighted by Crippen LogP contribution is 2.19. The average Bonchev–Trinajstić information content (AvgIpc) is 2.43. The van der Waals surface area contributed by atoms with Crippen LogP contribution >= 0.6 is 0 Å². The van der Waals surface area contributed by atoms with Crippen molar-refractivity contribution in [2.24, 2.45) is 5.92 Å². The zero-order valence-corrected chi connectivity index (χ0v) is 13.0. The number of nitriles is 1. The zero-order valence-electron chi connectivity index (χ0n) is 13.0. The Morgan fingerprint density at radius 2 is 2.21 bits per heavy atom. The average molecular weight is 265 g/mol. The van der Waals surface area contributed by atoms with E-state index < -0.39 is 0 Å². The summed E-state index contributed by atoms with van der Waals surface area (Å²) >= 11 is 0. The monoisotopic (exact) mass is 265 g/mol. The van der Waals surface area contributed by atoms with E-state index in [9.17, 15) is 5.26 Å². The second-order valence-electron chi connectivity index (χ2n) is 6.13. The van der Waals surface area contributed by atoms with Gasteiger partial charge in [-0.2, -0.15) is 5.26 Å². The van der Waals surface area contributed by atoms with Gasteiger partial charge in [0.2, 0.25) is 0 Å². The number of nitrogens with zero attached hydrogens (tertiary/aromatic N) is 2. The molecule has 0 aromatic heterocycles. The molecule has 1 aliphatic rings. The summed E-state index contributed by atoms with van der Waals surface area (Å²) < 4.78 is 0. The molecular weight excluding hydrogens is 234 g/mol. The molecule has 3 nitrogen and oxygen atoms in total. The third kappa shape index (κ3) is 5.50. The number of piperidine rings is 1. The van der Waals surface area contributed by atoms with Crippen molar-refractivity contribution in [3.8, 4) is 6.07 Å². The molecule has 2 atom stereocenters. The largest absolute Gasteiger partial charge is 0.303 e. The highest BCUT2D eigenvalue weighted by molar-refractivity contribution is 5.06. The fraction of sp³-hybridized carbons (Fsp3) is 0.938. The molecule has 2 unspecified atom stereocenters. The smallest absolute Gasteiger partial charge is 0.106 e. The third-order valence-corrected chi connectivity index (χ3v) is 4.35. The Balaban J connectivity index is 2.33. The van der Waals surface area contributed by atoms with Gasteiger partial charge in [0.05, 0.1) is 6.07 Å². The minimum absolute atomic E-state index is 0.294. The van der Waals surface area contributed by atoms with E-state index in [1.807, 2.05) is 0 Å². The van der Waals surface area contributed by atoms with Crippen molar-refractivity contribution in [1.29, 1.82) is 5.26 Å². The van der Waals surface area contributed by atoms with Crippen LogP contribution in [0.5, 0.6) is 0 Å². The number of rotatable bonds is 8. The van der Waals surface area contributed by atoms with Gasteiger partial charge in [-0.1, -0.05) is 20.8 Å². The minimum Gasteiger partial charge on any atom is -0.303 e. The summed E-state index contributed by atoms with van der Waals surface area (Å²) in [6.45, 7) is 11.2. The van der Waals surface area contributed by atoms with Crippen molar-refractivity contribution in [2.75, 3.05) is 26.2 Å². The quantitative estimate of drug-likeness (QED) is 0.732. The first kappa shape index (κ1) is 16.5. The van der Waals surface area contributed by atoms with Crippen LogP contribution in [0.2, 0.25) is 0 Å². The van der Waals surface area contributed by atoms with Gasteiger partial charge < -0.3 is 4.90 Å². The normalized spacial score (nSPS) is 23.8. The maximum absolute atomic E-state index is 9.46. The maximum atomic E-state index is 9.46. The number of nitrogens with one attached hydrogen (secondary N) is 1. The van der Waals surface area contributed by atoms with Gasteiger partial charge in [0.15, 0.2) is 0 Å². The number of hydrogen-bond donors (Lipinski definition) is 1. The van der Waals surface area contributed by atoms with Crippen LogP contribution in [0.1, 0.15) is 59.3 Å². The van der Waals surface area contributed by atoms with E-state index in [4.69, 9.17) is 0 Å². The van der Waals surface area contributed by atoms with Crippen LogP contribution in [-0.4, -0.2) is 36.6 Å². The highest BCUT2D eigenvalue weighted by atomic mass is 15.1. The van der Waals surface area contributed by atoms with E-state index in [0.717, 1.165) is 44.7 Å². The van der Waals surface area contributed by atoms with E-state index in [1.54, 1.807) is 0 Å². The van der Waals surface area contributed by atoms with Crippen molar-refractivity contribution in [3.05, 3.63) is 0 Å². The lowest BCUT2D eigenvalue weighted by molar-refractivity contribution is 0.176. The molecule has 0 aliphatic carbocycles. The lowest BCUT2D eigenvalue weighted by atomic mass is 9.91. The second-order valence-corrected chi connectivity index (χ2v) is 6.13. The molecule has 110 valence electrons. The molecule has 1 aliphatic heterocycles. The molecule has 0 aromatic rings. The lowest BCUT2D eigenvalue weighted by Crippen LogP contribution is -2.44. The van der Waals surface area contributed by atoms with Gasteiger partial charge in [-0.15, -0.1) is 0 Å². The predicted octanol–water partition coefficient (Wildman–Crippen LogP) is 3.17. The topological polar surface area (TPSA) is 39.1 Å². The van der Waals surface area contributed by atoms with Crippen molar-refractivity contribution in [2.45, 2.75) is 64.8 Å². The molecule has 1 rings (SSSR count). The Bertz CT molecular complexity index is 284. The van der Waals surface area contributed by atoms with Crippen molar-refractivity contribution < 1.29 is 0 Å². The summed E-state index contributed by atoms with van der Waals surface area (Å²) in [5, 5.41) is 12.9. The van der Waals surface area contributed by atoms with Crippen LogP contribution in [0.15, 0.2) is 0 Å². The molecule has 0 aromatic carbocycles. The fourth-order valence-corrected chi connectivity index (χ4v) is 3.02. The van der Waals surface area contributed by atoms with E-state index in [1.165, 1.54) is 25.9 Å². The molecule has 1 N–H and O–H groups in total. The van der Waals surface area contributed by atoms with E-state index in [-0.39, 0.29) is 5.54 Å². The van der Waals surface area contributed by atoms with E-state index in [0.29, 0.717) is 0 Å². The van der Waals surface area contributed by atoms with Crippen LogP contribution in [-0.2, 0) is 0 Å². The molecule has 1 saturated heterocycles. The molecule has 0 spiro atoms. The summed E-state index contributed by atoms with van der Waals surface area (Å²) in [6.07, 6.45) is 6.82. The van der Waals surface area contributed by atoms with Crippen molar-refractivity contribution in [3.63, 3.8) is 0 Å². The molecule has 0 radical (unpaired) electrons. The van der Waals surface area contributed by atoms with Crippen LogP contribution in [0, 0.1) is 17.2 Å². The van der Waals surface area contributed by atoms with Crippen LogP contribution < -0.4 is 5.32 Å². The molecule has 1 fully saturated rings. The Labute approximate surface area is 119 Å². The number of hydrogen-bond acceptors (Lipinski definition) is 3. The zero-order chi connectivity index (χ0) is 14.1. The molecular formula is C16H31N3. The van der Waals surface area contributed by atoms with Gasteiger partial charge in [0.1, 0.15) is 5.54 Å². The van der Waals surface area contributed by atoms with Crippen LogP contribution in [0.4, 0.5) is 0 Å². The van der Waals surface area contributed by atoms with Crippen LogP contribution in [0.25, 0.3) is 0 Å². The Morgan fingerprint density at radius 1 is 1.42 bits per heavy atom. The van der Waals surface area contributed by atoms with Crippen LogP contribution in [0.3, 0.4) is 0 Å². The van der Waals surface area contributed by atoms with Gasteiger partial charge in [0, 0.05) is 6.54 Å². The van der Waals surface area contributed by atoms with Gasteiger partial charge in [0.25, 0.3) is 0 Å². The molecule has 19 heavy (non-hydrogen) atoms. The standard InChI is InChI=1S/C16H31N3/c1-4-10-18-16(5-2,14-17)9-7-12-19-11-6-8-15(3)13-19/h15,18H,4-13H2,1-3H3. The molecule has 3 heteroatoms. The van der Waals surface area contributed by atoms with Gasteiger partial charge in [-0.25, -0.2) is 0 Å². The van der Waals surface area contributed by atoms with Gasteiger partial charge in [-0.3, -0.25) is 5.32 Å². The first-order valence-corrected chi connectivity index (χ1v) is 8.04. The molecule has 0 saturated carbocycles. The maximum Gasteiger partial charge on any atom is 0.106 e. The number of likely N-dealkylation sites (tertiary alicyclic amines) is 1. The molecule has 1 heterocycles. The third-order valence-electron chi connectivity index (χ3n) is 4.35. The van der Waals surface area contributed by atoms with E-state index >= 15 is 0 Å². The molecule has 0 amide bonds. The van der Waals surface area contributed by atoms with Gasteiger partial charge in [-0.05, 0) is 64.1 Å². The summed E-state index contributed by atoms with van der Waals surface area (Å²) in [5.41, 5.74) is -0.294. The predicted molar refractivity (Wildman–Crippen MR) is 81.0 cm³/mol. The fourth-order valence-electron chi connectivity index (χ4n) is 3.02. The molecule has 0 bridgehead atoms. The minimum atomic E-state index is -0.294. The summed E-state index contributed by atoms with van der Waals surface area (Å²) in [4.78, 5) is 2.58. The first-order chi connectivity index (χ1) is 9.15. The van der Waals surface area contributed by atoms with Crippen molar-refractivity contribution >= 4 is 0 Å². The summed E-state index contributed by atoms with van der Waals surface area (Å²) in [7, 11) is 0. The summed E-state index contributed by atoms with van der Waals surface area (Å²) in [6, 6.07) is 2.52. The first-order valence-electron chi connectivity index (χ1n) is 8.04. The van der Waals surface area contributed by atoms with Crippen molar-refractivity contribution in [1.82, 2.24) is 10.2 Å².